The van der Waals surface area contributed by atoms with Crippen LogP contribution in [0.2, 0.25) is 5.02 Å². The molecule has 1 aliphatic rings. The van der Waals surface area contributed by atoms with Crippen LogP contribution in [0.25, 0.3) is 0 Å². The van der Waals surface area contributed by atoms with Gasteiger partial charge in [-0.2, -0.15) is 5.10 Å². The third-order valence-corrected chi connectivity index (χ3v) is 5.34. The van der Waals surface area contributed by atoms with Crippen molar-refractivity contribution in [2.75, 3.05) is 17.0 Å². The van der Waals surface area contributed by atoms with E-state index in [1.165, 1.54) is 42.3 Å². The van der Waals surface area contributed by atoms with Gasteiger partial charge in [0.25, 0.3) is 5.91 Å². The van der Waals surface area contributed by atoms with Crippen LogP contribution in [-0.4, -0.2) is 32.2 Å². The Morgan fingerprint density at radius 1 is 1.32 bits per heavy atom. The minimum atomic E-state index is -3.99. The number of hydrogen-bond acceptors (Lipinski definition) is 5. The third kappa shape index (κ3) is 3.56. The number of nitrogens with two attached hydrogens (primary N) is 2. The molecule has 0 bridgehead atoms. The van der Waals surface area contributed by atoms with Crippen LogP contribution in [0.1, 0.15) is 5.56 Å². The van der Waals surface area contributed by atoms with Crippen molar-refractivity contribution in [3.8, 4) is 0 Å². The summed E-state index contributed by atoms with van der Waals surface area (Å²) < 4.78 is 37.1. The smallest absolute Gasteiger partial charge is 0.279 e. The van der Waals surface area contributed by atoms with Crippen LogP contribution in [0, 0.1) is 5.82 Å². The second-order valence-electron chi connectivity index (χ2n) is 5.79. The van der Waals surface area contributed by atoms with Gasteiger partial charge in [-0.15, -0.1) is 0 Å². The SMILES string of the molecule is CN1C(=O)/C(=N\N(C(N)=S)c2cccc(S(N)(=O)=O)c2)c2cc(F)c(Cl)cc21. The highest BCUT2D eigenvalue weighted by Gasteiger charge is 2.34. The topological polar surface area (TPSA) is 122 Å². The first-order valence-electron chi connectivity index (χ1n) is 7.59. The molecule has 0 aromatic heterocycles. The van der Waals surface area contributed by atoms with Crippen molar-refractivity contribution >= 4 is 61.9 Å². The molecular formula is C16H13ClFN5O3S2. The quantitative estimate of drug-likeness (QED) is 0.550. The van der Waals surface area contributed by atoms with Crippen LogP contribution >= 0.6 is 23.8 Å². The molecule has 2 aromatic rings. The van der Waals surface area contributed by atoms with Gasteiger partial charge in [-0.25, -0.2) is 23.0 Å². The molecule has 0 spiro atoms. The van der Waals surface area contributed by atoms with Gasteiger partial charge in [0, 0.05) is 12.6 Å². The Morgan fingerprint density at radius 2 is 2.00 bits per heavy atom. The highest BCUT2D eigenvalue weighted by atomic mass is 35.5. The number of thiocarbonyl (C=S) groups is 1. The Bertz CT molecular complexity index is 1150. The molecule has 0 unspecified atom stereocenters. The molecule has 0 saturated heterocycles. The van der Waals surface area contributed by atoms with E-state index in [1.807, 2.05) is 0 Å². The summed E-state index contributed by atoms with van der Waals surface area (Å²) in [6, 6.07) is 7.76. The van der Waals surface area contributed by atoms with Crippen LogP contribution in [0.15, 0.2) is 46.4 Å². The van der Waals surface area contributed by atoms with Crippen LogP contribution in [0.3, 0.4) is 0 Å². The normalized spacial score (nSPS) is 15.1. The van der Waals surface area contributed by atoms with Crippen molar-refractivity contribution in [1.29, 1.82) is 0 Å². The second kappa shape index (κ2) is 7.09. The lowest BCUT2D eigenvalue weighted by Gasteiger charge is -2.18. The van der Waals surface area contributed by atoms with Crippen molar-refractivity contribution in [2.24, 2.45) is 16.0 Å². The molecule has 1 amide bonds. The first-order valence-corrected chi connectivity index (χ1v) is 9.92. The van der Waals surface area contributed by atoms with E-state index in [9.17, 15) is 17.6 Å². The number of sulfonamides is 1. The number of anilines is 2. The van der Waals surface area contributed by atoms with Crippen molar-refractivity contribution in [1.82, 2.24) is 0 Å². The summed E-state index contributed by atoms with van der Waals surface area (Å²) in [5.41, 5.74) is 6.28. The lowest BCUT2D eigenvalue weighted by molar-refractivity contribution is -0.111. The zero-order valence-electron chi connectivity index (χ0n) is 14.3. The highest BCUT2D eigenvalue weighted by Crippen LogP contribution is 2.33. The largest absolute Gasteiger partial charge is 0.374 e. The standard InChI is InChI=1S/C16H13ClFN5O3S2/c1-22-13-7-11(17)12(18)6-10(13)14(15(22)24)21-23(16(19)27)8-3-2-4-9(5-8)28(20,25)26/h2-7H,1H3,(H2,19,27)(H2,20,25,26)/b21-14-. The number of carbonyl (C=O) groups is 1. The Morgan fingerprint density at radius 3 is 2.61 bits per heavy atom. The average molecular weight is 442 g/mol. The highest BCUT2D eigenvalue weighted by molar-refractivity contribution is 7.89. The molecule has 3 rings (SSSR count). The molecule has 0 atom stereocenters. The second-order valence-corrected chi connectivity index (χ2v) is 8.18. The number of hydrazone groups is 1. The van der Waals surface area contributed by atoms with Gasteiger partial charge in [-0.05, 0) is 42.5 Å². The number of likely N-dealkylation sites (N-methyl/N-ethyl adjacent to an activating group) is 1. The monoisotopic (exact) mass is 441 g/mol. The van der Waals surface area contributed by atoms with Crippen molar-refractivity contribution in [3.05, 3.63) is 52.8 Å². The molecule has 28 heavy (non-hydrogen) atoms. The van der Waals surface area contributed by atoms with Gasteiger partial charge in [-0.1, -0.05) is 17.7 Å². The number of halogens is 2. The van der Waals surface area contributed by atoms with E-state index in [0.717, 1.165) is 11.1 Å². The number of rotatable bonds is 3. The number of hydrogen-bond donors (Lipinski definition) is 2. The van der Waals surface area contributed by atoms with Crippen LogP contribution < -0.4 is 20.8 Å². The molecular weight excluding hydrogens is 429 g/mol. The lowest BCUT2D eigenvalue weighted by atomic mass is 10.1. The fourth-order valence-corrected chi connectivity index (χ4v) is 3.47. The van der Waals surface area contributed by atoms with Crippen molar-refractivity contribution < 1.29 is 17.6 Å². The average Bonchev–Trinajstić information content (AvgIpc) is 2.83. The molecule has 1 aliphatic heterocycles. The van der Waals surface area contributed by atoms with Gasteiger partial charge in [0.2, 0.25) is 10.0 Å². The van der Waals surface area contributed by atoms with Gasteiger partial charge in [0.05, 0.1) is 21.3 Å². The van der Waals surface area contributed by atoms with E-state index in [0.29, 0.717) is 5.69 Å². The molecule has 8 nitrogen and oxygen atoms in total. The minimum absolute atomic E-state index is 0.137. The maximum atomic E-state index is 13.9. The zero-order valence-corrected chi connectivity index (χ0v) is 16.6. The number of carbonyl (C=O) groups excluding carboxylic acids is 1. The van der Waals surface area contributed by atoms with Crippen molar-refractivity contribution in [2.45, 2.75) is 4.90 Å². The van der Waals surface area contributed by atoms with E-state index in [-0.39, 0.29) is 32.0 Å². The van der Waals surface area contributed by atoms with Gasteiger partial charge in [0.1, 0.15) is 5.82 Å². The summed E-state index contributed by atoms with van der Waals surface area (Å²) in [6.07, 6.45) is 0. The molecule has 0 saturated carbocycles. The number of nitrogens with zero attached hydrogens (tertiary/aromatic N) is 3. The molecule has 12 heteroatoms. The maximum absolute atomic E-state index is 13.9. The molecule has 0 fully saturated rings. The Kier molecular flexibility index (Phi) is 5.10. The van der Waals surface area contributed by atoms with Crippen LogP contribution in [-0.2, 0) is 14.8 Å². The number of fused-ring (bicyclic) bond motifs is 1. The number of amides is 1. The predicted molar refractivity (Wildman–Crippen MR) is 108 cm³/mol. The lowest BCUT2D eigenvalue weighted by Crippen LogP contribution is -2.34. The summed E-state index contributed by atoms with van der Waals surface area (Å²) >= 11 is 10.8. The summed E-state index contributed by atoms with van der Waals surface area (Å²) in [5, 5.41) is 9.88. The van der Waals surface area contributed by atoms with Crippen LogP contribution in [0.5, 0.6) is 0 Å². The molecule has 4 N–H and O–H groups in total. The number of primary sulfonamides is 1. The fourth-order valence-electron chi connectivity index (χ4n) is 2.61. The van der Waals surface area contributed by atoms with Crippen molar-refractivity contribution in [3.63, 3.8) is 0 Å². The Balaban J connectivity index is 2.17. The molecule has 0 aliphatic carbocycles. The number of benzene rings is 2. The maximum Gasteiger partial charge on any atom is 0.279 e. The Labute approximate surface area is 170 Å². The van der Waals surface area contributed by atoms with Crippen LogP contribution in [0.4, 0.5) is 15.8 Å². The molecule has 146 valence electrons. The van der Waals surface area contributed by atoms with E-state index < -0.39 is 21.7 Å². The molecule has 2 aromatic carbocycles. The van der Waals surface area contributed by atoms with E-state index in [2.05, 4.69) is 5.10 Å². The first kappa shape index (κ1) is 20.1. The van der Waals surface area contributed by atoms with Gasteiger partial charge in [-0.3, -0.25) is 4.79 Å². The van der Waals surface area contributed by atoms with E-state index in [1.54, 1.807) is 0 Å². The molecule has 1 heterocycles. The predicted octanol–water partition coefficient (Wildman–Crippen LogP) is 1.56. The van der Waals surface area contributed by atoms with E-state index >= 15 is 0 Å². The zero-order chi connectivity index (χ0) is 20.8. The van der Waals surface area contributed by atoms with E-state index in [4.69, 9.17) is 34.7 Å². The van der Waals surface area contributed by atoms with Gasteiger partial charge < -0.3 is 10.6 Å². The summed E-state index contributed by atoms with van der Waals surface area (Å²) in [7, 11) is -2.51. The molecule has 0 radical (unpaired) electrons. The Hall–Kier alpha value is -2.60. The first-order chi connectivity index (χ1) is 13.0. The minimum Gasteiger partial charge on any atom is -0.374 e. The van der Waals surface area contributed by atoms with Gasteiger partial charge >= 0.3 is 0 Å². The third-order valence-electron chi connectivity index (χ3n) is 3.96. The summed E-state index contributed by atoms with van der Waals surface area (Å²) in [6.45, 7) is 0. The fraction of sp³-hybridized carbons (Fsp3) is 0.0625. The summed E-state index contributed by atoms with van der Waals surface area (Å²) in [5.74, 6) is -1.27. The van der Waals surface area contributed by atoms with Gasteiger partial charge in [0.15, 0.2) is 10.8 Å². The summed E-state index contributed by atoms with van der Waals surface area (Å²) in [4.78, 5) is 13.7.